The van der Waals surface area contributed by atoms with Gasteiger partial charge in [-0.05, 0) is 40.6 Å². The Bertz CT molecular complexity index is 618. The third kappa shape index (κ3) is 2.29. The van der Waals surface area contributed by atoms with Crippen molar-refractivity contribution in [1.29, 1.82) is 0 Å². The van der Waals surface area contributed by atoms with Gasteiger partial charge in [-0.3, -0.25) is 9.36 Å². The maximum Gasteiger partial charge on any atom is 0.272 e. The first-order chi connectivity index (χ1) is 8.52. The normalized spacial score (nSPS) is 10.9. The summed E-state index contributed by atoms with van der Waals surface area (Å²) < 4.78 is 2.01. The lowest BCUT2D eigenvalue weighted by Gasteiger charge is -2.16. The van der Waals surface area contributed by atoms with Gasteiger partial charge in [0.25, 0.3) is 5.56 Å². The summed E-state index contributed by atoms with van der Waals surface area (Å²) in [5, 5.41) is 9.78. The molecule has 0 unspecified atom stereocenters. The molecule has 0 radical (unpaired) electrons. The standard InChI is InChI=1S/C14H14INO2/c1-9(2)11-8-12(17)13(15)14(18)16(11)10-6-4-3-5-7-10/h3-9,17H,1-2H3. The molecule has 0 aliphatic carbocycles. The van der Waals surface area contributed by atoms with Gasteiger partial charge in [0.2, 0.25) is 0 Å². The molecule has 4 heteroatoms. The van der Waals surface area contributed by atoms with Gasteiger partial charge in [-0.1, -0.05) is 32.0 Å². The van der Waals surface area contributed by atoms with Crippen molar-refractivity contribution in [1.82, 2.24) is 4.57 Å². The van der Waals surface area contributed by atoms with E-state index in [9.17, 15) is 9.90 Å². The lowest BCUT2D eigenvalue weighted by atomic mass is 10.1. The number of rotatable bonds is 2. The summed E-state index contributed by atoms with van der Waals surface area (Å²) in [7, 11) is 0. The molecule has 1 heterocycles. The molecular formula is C14H14INO2. The smallest absolute Gasteiger partial charge is 0.272 e. The molecule has 0 fully saturated rings. The SMILES string of the molecule is CC(C)c1cc(O)c(I)c(=O)n1-c1ccccc1. The Morgan fingerprint density at radius 2 is 1.83 bits per heavy atom. The highest BCUT2D eigenvalue weighted by atomic mass is 127. The van der Waals surface area contributed by atoms with E-state index >= 15 is 0 Å². The maximum atomic E-state index is 12.3. The predicted octanol–water partition coefficient (Wildman–Crippen LogP) is 3.27. The van der Waals surface area contributed by atoms with E-state index in [0.717, 1.165) is 11.4 Å². The summed E-state index contributed by atoms with van der Waals surface area (Å²) in [6, 6.07) is 11.1. The zero-order chi connectivity index (χ0) is 13.3. The van der Waals surface area contributed by atoms with Crippen LogP contribution in [0.5, 0.6) is 5.75 Å². The number of para-hydroxylation sites is 1. The number of nitrogens with zero attached hydrogens (tertiary/aromatic N) is 1. The molecule has 0 spiro atoms. The Kier molecular flexibility index (Phi) is 3.75. The monoisotopic (exact) mass is 355 g/mol. The van der Waals surface area contributed by atoms with Gasteiger partial charge in [-0.15, -0.1) is 0 Å². The molecule has 2 rings (SSSR count). The fourth-order valence-corrected chi connectivity index (χ4v) is 2.26. The summed E-state index contributed by atoms with van der Waals surface area (Å²) in [6.45, 7) is 4.00. The minimum Gasteiger partial charge on any atom is -0.507 e. The summed E-state index contributed by atoms with van der Waals surface area (Å²) >= 11 is 1.88. The molecular weight excluding hydrogens is 341 g/mol. The Balaban J connectivity index is 2.81. The Morgan fingerprint density at radius 1 is 1.22 bits per heavy atom. The zero-order valence-corrected chi connectivity index (χ0v) is 12.4. The Labute approximate surface area is 119 Å². The van der Waals surface area contributed by atoms with Crippen LogP contribution in [-0.4, -0.2) is 9.67 Å². The zero-order valence-electron chi connectivity index (χ0n) is 10.2. The van der Waals surface area contributed by atoms with Crippen LogP contribution in [0.15, 0.2) is 41.2 Å². The van der Waals surface area contributed by atoms with Crippen molar-refractivity contribution in [3.63, 3.8) is 0 Å². The van der Waals surface area contributed by atoms with E-state index in [2.05, 4.69) is 0 Å². The number of halogens is 1. The molecule has 3 nitrogen and oxygen atoms in total. The third-order valence-electron chi connectivity index (χ3n) is 2.76. The lowest BCUT2D eigenvalue weighted by Crippen LogP contribution is -2.24. The average molecular weight is 355 g/mol. The quantitative estimate of drug-likeness (QED) is 0.841. The van der Waals surface area contributed by atoms with Gasteiger partial charge in [0.1, 0.15) is 9.32 Å². The maximum absolute atomic E-state index is 12.3. The van der Waals surface area contributed by atoms with Gasteiger partial charge >= 0.3 is 0 Å². The molecule has 2 aromatic rings. The predicted molar refractivity (Wildman–Crippen MR) is 80.5 cm³/mol. The van der Waals surface area contributed by atoms with Crippen molar-refractivity contribution in [2.45, 2.75) is 19.8 Å². The van der Waals surface area contributed by atoms with E-state index in [4.69, 9.17) is 0 Å². The molecule has 0 aliphatic heterocycles. The van der Waals surface area contributed by atoms with E-state index in [0.29, 0.717) is 3.57 Å². The number of aromatic hydroxyl groups is 1. The highest BCUT2D eigenvalue weighted by molar-refractivity contribution is 14.1. The molecule has 0 saturated carbocycles. The average Bonchev–Trinajstić information content (AvgIpc) is 2.36. The van der Waals surface area contributed by atoms with Gasteiger partial charge < -0.3 is 5.11 Å². The summed E-state index contributed by atoms with van der Waals surface area (Å²) in [4.78, 5) is 12.3. The van der Waals surface area contributed by atoms with Crippen LogP contribution in [0.2, 0.25) is 0 Å². The van der Waals surface area contributed by atoms with Crippen LogP contribution >= 0.6 is 22.6 Å². The first kappa shape index (κ1) is 13.1. The highest BCUT2D eigenvalue weighted by Gasteiger charge is 2.15. The number of hydrogen-bond acceptors (Lipinski definition) is 2. The fourth-order valence-electron chi connectivity index (χ4n) is 1.86. The molecule has 0 aliphatic rings. The van der Waals surface area contributed by atoms with Crippen molar-refractivity contribution >= 4 is 22.6 Å². The summed E-state index contributed by atoms with van der Waals surface area (Å²) in [6.07, 6.45) is 0. The molecule has 1 aromatic heterocycles. The largest absolute Gasteiger partial charge is 0.507 e. The van der Waals surface area contributed by atoms with Crippen molar-refractivity contribution in [2.75, 3.05) is 0 Å². The minimum atomic E-state index is -0.175. The van der Waals surface area contributed by atoms with Gasteiger partial charge in [-0.25, -0.2) is 0 Å². The van der Waals surface area contributed by atoms with Crippen LogP contribution in [0.25, 0.3) is 5.69 Å². The topological polar surface area (TPSA) is 42.2 Å². The van der Waals surface area contributed by atoms with Gasteiger partial charge in [0, 0.05) is 17.4 Å². The number of aromatic nitrogens is 1. The van der Waals surface area contributed by atoms with Crippen LogP contribution in [0.3, 0.4) is 0 Å². The van der Waals surface area contributed by atoms with Crippen LogP contribution in [0.1, 0.15) is 25.5 Å². The molecule has 1 N–H and O–H groups in total. The van der Waals surface area contributed by atoms with E-state index in [1.807, 2.05) is 66.8 Å². The summed E-state index contributed by atoms with van der Waals surface area (Å²) in [5.74, 6) is 0.206. The van der Waals surface area contributed by atoms with Crippen LogP contribution < -0.4 is 5.56 Å². The second-order valence-electron chi connectivity index (χ2n) is 4.40. The molecule has 0 atom stereocenters. The van der Waals surface area contributed by atoms with Gasteiger partial charge in [0.15, 0.2) is 0 Å². The summed E-state index contributed by atoms with van der Waals surface area (Å²) in [5.41, 5.74) is 1.46. The van der Waals surface area contributed by atoms with E-state index in [-0.39, 0.29) is 17.2 Å². The molecule has 0 bridgehead atoms. The molecule has 1 aromatic carbocycles. The molecule has 94 valence electrons. The van der Waals surface area contributed by atoms with Crippen molar-refractivity contribution < 1.29 is 5.11 Å². The van der Waals surface area contributed by atoms with Gasteiger partial charge in [-0.2, -0.15) is 0 Å². The fraction of sp³-hybridized carbons (Fsp3) is 0.214. The van der Waals surface area contributed by atoms with Crippen LogP contribution in [0.4, 0.5) is 0 Å². The molecule has 0 amide bonds. The van der Waals surface area contributed by atoms with Crippen molar-refractivity contribution in [3.8, 4) is 11.4 Å². The van der Waals surface area contributed by atoms with Crippen LogP contribution in [0, 0.1) is 3.57 Å². The van der Waals surface area contributed by atoms with E-state index in [1.54, 1.807) is 10.6 Å². The van der Waals surface area contributed by atoms with E-state index < -0.39 is 0 Å². The second-order valence-corrected chi connectivity index (χ2v) is 5.48. The highest BCUT2D eigenvalue weighted by Crippen LogP contribution is 2.24. The lowest BCUT2D eigenvalue weighted by molar-refractivity contribution is 0.466. The molecule has 18 heavy (non-hydrogen) atoms. The first-order valence-corrected chi connectivity index (χ1v) is 6.80. The first-order valence-electron chi connectivity index (χ1n) is 5.72. The number of pyridine rings is 1. The van der Waals surface area contributed by atoms with Crippen molar-refractivity contribution in [2.24, 2.45) is 0 Å². The third-order valence-corrected chi connectivity index (χ3v) is 3.78. The van der Waals surface area contributed by atoms with Gasteiger partial charge in [0.05, 0.1) is 0 Å². The number of hydrogen-bond donors (Lipinski definition) is 1. The Hall–Kier alpha value is -1.30. The van der Waals surface area contributed by atoms with Crippen LogP contribution in [-0.2, 0) is 0 Å². The number of benzene rings is 1. The molecule has 0 saturated heterocycles. The van der Waals surface area contributed by atoms with Crippen molar-refractivity contribution in [3.05, 3.63) is 56.0 Å². The van der Waals surface area contributed by atoms with E-state index in [1.165, 1.54) is 0 Å². The second kappa shape index (κ2) is 5.14. The Morgan fingerprint density at radius 3 is 2.39 bits per heavy atom. The minimum absolute atomic E-state index is 0.0523.